The Labute approximate surface area is 175 Å². The Hall–Kier alpha value is -3.07. The predicted octanol–water partition coefficient (Wildman–Crippen LogP) is 1.64. The van der Waals surface area contributed by atoms with Gasteiger partial charge >= 0.3 is 5.69 Å². The molecule has 1 heterocycles. The topological polar surface area (TPSA) is 120 Å². The van der Waals surface area contributed by atoms with Crippen molar-refractivity contribution in [2.45, 2.75) is 40.3 Å². The number of nitrogens with two attached hydrogens (primary N) is 1. The van der Waals surface area contributed by atoms with Gasteiger partial charge in [0.2, 0.25) is 0 Å². The first-order valence-corrected chi connectivity index (χ1v) is 10.0. The molecule has 0 aliphatic heterocycles. The van der Waals surface area contributed by atoms with E-state index in [9.17, 15) is 14.4 Å². The number of hydrogen-bond acceptors (Lipinski definition) is 7. The van der Waals surface area contributed by atoms with Crippen LogP contribution in [0.2, 0.25) is 0 Å². The molecule has 0 aliphatic carbocycles. The smallest absolute Gasteiger partial charge is 0.329 e. The number of aromatic nitrogens is 2. The van der Waals surface area contributed by atoms with Crippen molar-refractivity contribution >= 4 is 11.6 Å². The summed E-state index contributed by atoms with van der Waals surface area (Å²) in [7, 11) is 1.57. The van der Waals surface area contributed by atoms with Crippen molar-refractivity contribution < 1.29 is 14.3 Å². The van der Waals surface area contributed by atoms with E-state index < -0.39 is 17.0 Å². The Morgan fingerprint density at radius 1 is 1.20 bits per heavy atom. The average molecular weight is 418 g/mol. The van der Waals surface area contributed by atoms with Crippen LogP contribution in [0.15, 0.2) is 27.8 Å². The largest absolute Gasteiger partial charge is 0.493 e. The van der Waals surface area contributed by atoms with Crippen molar-refractivity contribution in [3.05, 3.63) is 50.2 Å². The van der Waals surface area contributed by atoms with Crippen molar-refractivity contribution in [2.24, 2.45) is 0 Å². The van der Waals surface area contributed by atoms with Crippen LogP contribution in [0.4, 0.5) is 5.82 Å². The SMILES string of the molecule is CCCn1c(N)c(C(=O)CN(CC)Cc2ccc(OCC)c(OC)c2)c(=O)[nH]c1=O. The highest BCUT2D eigenvalue weighted by Gasteiger charge is 2.21. The first-order chi connectivity index (χ1) is 14.4. The summed E-state index contributed by atoms with van der Waals surface area (Å²) in [5, 5.41) is 0. The second-order valence-corrected chi connectivity index (χ2v) is 6.82. The fraction of sp³-hybridized carbons (Fsp3) is 0.476. The number of nitrogens with zero attached hydrogens (tertiary/aromatic N) is 2. The highest BCUT2D eigenvalue weighted by atomic mass is 16.5. The van der Waals surface area contributed by atoms with Crippen LogP contribution < -0.4 is 26.5 Å². The monoisotopic (exact) mass is 418 g/mol. The summed E-state index contributed by atoms with van der Waals surface area (Å²) in [5.74, 6) is 0.747. The van der Waals surface area contributed by atoms with E-state index in [0.717, 1.165) is 5.56 Å². The van der Waals surface area contributed by atoms with Crippen molar-refractivity contribution in [3.8, 4) is 11.5 Å². The van der Waals surface area contributed by atoms with Gasteiger partial charge in [-0.25, -0.2) is 4.79 Å². The van der Waals surface area contributed by atoms with Crippen LogP contribution in [0, 0.1) is 0 Å². The second kappa shape index (κ2) is 10.6. The van der Waals surface area contributed by atoms with Gasteiger partial charge in [-0.3, -0.25) is 24.0 Å². The van der Waals surface area contributed by atoms with Crippen LogP contribution in [0.1, 0.15) is 43.1 Å². The third-order valence-corrected chi connectivity index (χ3v) is 4.71. The zero-order valence-corrected chi connectivity index (χ0v) is 18.0. The lowest BCUT2D eigenvalue weighted by atomic mass is 10.1. The predicted molar refractivity (Wildman–Crippen MR) is 115 cm³/mol. The van der Waals surface area contributed by atoms with Gasteiger partial charge in [0.1, 0.15) is 11.4 Å². The quantitative estimate of drug-likeness (QED) is 0.532. The number of rotatable bonds is 11. The number of Topliss-reactive ketones (excluding diaryl/α,β-unsaturated/α-hetero) is 1. The lowest BCUT2D eigenvalue weighted by Crippen LogP contribution is -2.39. The molecule has 9 heteroatoms. The van der Waals surface area contributed by atoms with E-state index in [1.165, 1.54) is 4.57 Å². The molecular formula is C21H30N4O5. The molecule has 3 N–H and O–H groups in total. The van der Waals surface area contributed by atoms with Gasteiger partial charge in [0.25, 0.3) is 5.56 Å². The molecule has 9 nitrogen and oxygen atoms in total. The van der Waals surface area contributed by atoms with Crippen LogP contribution >= 0.6 is 0 Å². The van der Waals surface area contributed by atoms with E-state index in [0.29, 0.717) is 44.2 Å². The first kappa shape index (κ1) is 23.2. The van der Waals surface area contributed by atoms with E-state index in [-0.39, 0.29) is 17.9 Å². The zero-order chi connectivity index (χ0) is 22.3. The lowest BCUT2D eigenvalue weighted by molar-refractivity contribution is 0.0928. The van der Waals surface area contributed by atoms with Gasteiger partial charge in [-0.15, -0.1) is 0 Å². The molecule has 2 aromatic rings. The fourth-order valence-corrected chi connectivity index (χ4v) is 3.21. The zero-order valence-electron chi connectivity index (χ0n) is 18.0. The average Bonchev–Trinajstić information content (AvgIpc) is 2.71. The molecule has 0 radical (unpaired) electrons. The maximum atomic E-state index is 12.9. The van der Waals surface area contributed by atoms with Crippen molar-refractivity contribution in [1.29, 1.82) is 0 Å². The number of methoxy groups -OCH3 is 1. The third-order valence-electron chi connectivity index (χ3n) is 4.71. The maximum Gasteiger partial charge on any atom is 0.329 e. The number of ether oxygens (including phenoxy) is 2. The summed E-state index contributed by atoms with van der Waals surface area (Å²) in [6.45, 7) is 7.59. The molecule has 0 fully saturated rings. The van der Waals surface area contributed by atoms with Crippen molar-refractivity contribution in [1.82, 2.24) is 14.5 Å². The van der Waals surface area contributed by atoms with Crippen LogP contribution in [0.25, 0.3) is 0 Å². The van der Waals surface area contributed by atoms with Gasteiger partial charge < -0.3 is 15.2 Å². The molecule has 0 saturated carbocycles. The molecule has 0 saturated heterocycles. The number of anilines is 1. The van der Waals surface area contributed by atoms with Crippen molar-refractivity contribution in [2.75, 3.05) is 32.5 Å². The molecule has 0 atom stereocenters. The standard InChI is InChI=1S/C21H30N4O5/c1-5-10-25-19(22)18(20(27)23-21(25)28)15(26)13-24(6-2)12-14-8-9-16(30-7-3)17(11-14)29-4/h8-9,11H,5-7,10,12-13,22H2,1-4H3,(H,23,27,28). The van der Waals surface area contributed by atoms with E-state index >= 15 is 0 Å². The number of aromatic amines is 1. The minimum atomic E-state index is -0.756. The molecule has 0 unspecified atom stereocenters. The Morgan fingerprint density at radius 3 is 2.53 bits per heavy atom. The van der Waals surface area contributed by atoms with E-state index in [1.807, 2.05) is 43.9 Å². The summed E-state index contributed by atoms with van der Waals surface area (Å²) in [5.41, 5.74) is 5.39. The first-order valence-electron chi connectivity index (χ1n) is 10.0. The summed E-state index contributed by atoms with van der Waals surface area (Å²) >= 11 is 0. The summed E-state index contributed by atoms with van der Waals surface area (Å²) in [4.78, 5) is 41.2. The van der Waals surface area contributed by atoms with Gasteiger partial charge in [0.15, 0.2) is 17.3 Å². The molecule has 1 aromatic carbocycles. The van der Waals surface area contributed by atoms with Crippen LogP contribution in [0.5, 0.6) is 11.5 Å². The van der Waals surface area contributed by atoms with Crippen LogP contribution in [-0.4, -0.2) is 47.0 Å². The molecule has 0 aliphatic rings. The highest BCUT2D eigenvalue weighted by Crippen LogP contribution is 2.28. The van der Waals surface area contributed by atoms with Gasteiger partial charge in [-0.05, 0) is 37.6 Å². The summed E-state index contributed by atoms with van der Waals surface area (Å²) in [6.07, 6.45) is 0.643. The highest BCUT2D eigenvalue weighted by molar-refractivity contribution is 6.01. The van der Waals surface area contributed by atoms with Gasteiger partial charge in [0, 0.05) is 13.1 Å². The summed E-state index contributed by atoms with van der Waals surface area (Å²) < 4.78 is 12.1. The number of ketones is 1. The Kier molecular flexibility index (Phi) is 8.23. The molecule has 0 amide bonds. The summed E-state index contributed by atoms with van der Waals surface area (Å²) in [6, 6.07) is 5.60. The van der Waals surface area contributed by atoms with E-state index in [2.05, 4.69) is 4.98 Å². The number of nitrogens with one attached hydrogen (secondary N) is 1. The second-order valence-electron chi connectivity index (χ2n) is 6.82. The molecule has 1 aromatic heterocycles. The van der Waals surface area contributed by atoms with Crippen LogP contribution in [-0.2, 0) is 13.1 Å². The fourth-order valence-electron chi connectivity index (χ4n) is 3.21. The maximum absolute atomic E-state index is 12.9. The molecule has 164 valence electrons. The molecule has 2 rings (SSSR count). The lowest BCUT2D eigenvalue weighted by Gasteiger charge is -2.21. The Bertz CT molecular complexity index is 996. The van der Waals surface area contributed by atoms with Gasteiger partial charge in [0.05, 0.1) is 20.3 Å². The molecule has 0 bridgehead atoms. The molecule has 0 spiro atoms. The minimum absolute atomic E-state index is 0.0103. The number of carbonyl (C=O) groups is 1. The van der Waals surface area contributed by atoms with Gasteiger partial charge in [-0.1, -0.05) is 19.9 Å². The third kappa shape index (κ3) is 5.29. The number of hydrogen-bond donors (Lipinski definition) is 2. The van der Waals surface area contributed by atoms with E-state index in [1.54, 1.807) is 7.11 Å². The minimum Gasteiger partial charge on any atom is -0.493 e. The number of likely N-dealkylation sites (N-methyl/N-ethyl adjacent to an activating group) is 1. The number of benzene rings is 1. The Morgan fingerprint density at radius 2 is 1.93 bits per heavy atom. The van der Waals surface area contributed by atoms with Gasteiger partial charge in [-0.2, -0.15) is 0 Å². The van der Waals surface area contributed by atoms with Crippen molar-refractivity contribution in [3.63, 3.8) is 0 Å². The number of H-pyrrole nitrogens is 1. The number of carbonyl (C=O) groups excluding carboxylic acids is 1. The number of nitrogen functional groups attached to an aromatic ring is 1. The molecule has 30 heavy (non-hydrogen) atoms. The molecular weight excluding hydrogens is 388 g/mol. The Balaban J connectivity index is 2.24. The van der Waals surface area contributed by atoms with Crippen LogP contribution in [0.3, 0.4) is 0 Å². The van der Waals surface area contributed by atoms with E-state index in [4.69, 9.17) is 15.2 Å². The normalized spacial score (nSPS) is 11.0.